The number of benzene rings is 1. The van der Waals surface area contributed by atoms with Crippen molar-refractivity contribution in [2.75, 3.05) is 7.11 Å². The predicted octanol–water partition coefficient (Wildman–Crippen LogP) is 1.78. The average molecular weight is 379 g/mol. The van der Waals surface area contributed by atoms with E-state index in [4.69, 9.17) is 10.00 Å². The Labute approximate surface area is 157 Å². The highest BCUT2D eigenvalue weighted by Gasteiger charge is 2.13. The molecule has 4 rings (SSSR count). The van der Waals surface area contributed by atoms with Crippen LogP contribution in [0.5, 0.6) is 5.75 Å². The molecule has 0 saturated carbocycles. The Bertz CT molecular complexity index is 1220. The van der Waals surface area contributed by atoms with E-state index >= 15 is 0 Å². The van der Waals surface area contributed by atoms with Crippen molar-refractivity contribution in [1.29, 1.82) is 5.26 Å². The van der Waals surface area contributed by atoms with Gasteiger partial charge in [-0.1, -0.05) is 23.9 Å². The fraction of sp³-hybridized carbons (Fsp3) is 0.118. The van der Waals surface area contributed by atoms with Gasteiger partial charge in [0.05, 0.1) is 18.5 Å². The van der Waals surface area contributed by atoms with Crippen molar-refractivity contribution in [2.24, 2.45) is 0 Å². The molecule has 0 aliphatic heterocycles. The molecule has 27 heavy (non-hydrogen) atoms. The number of nitrogens with one attached hydrogen (secondary N) is 1. The summed E-state index contributed by atoms with van der Waals surface area (Å²) in [4.78, 5) is 16.6. The molecule has 0 spiro atoms. The van der Waals surface area contributed by atoms with Crippen molar-refractivity contribution in [3.8, 4) is 17.5 Å². The number of H-pyrrole nitrogens is 1. The number of aromatic nitrogens is 6. The molecule has 0 aliphatic rings. The number of para-hydroxylation sites is 2. The zero-order valence-electron chi connectivity index (χ0n) is 14.2. The summed E-state index contributed by atoms with van der Waals surface area (Å²) in [6, 6.07) is 11.0. The summed E-state index contributed by atoms with van der Waals surface area (Å²) in [6.45, 7) is 0. The van der Waals surface area contributed by atoms with Crippen molar-refractivity contribution in [2.45, 2.75) is 10.9 Å². The molecule has 0 saturated heterocycles. The van der Waals surface area contributed by atoms with E-state index in [1.165, 1.54) is 28.5 Å². The van der Waals surface area contributed by atoms with Gasteiger partial charge in [0.1, 0.15) is 23.7 Å². The second kappa shape index (κ2) is 6.97. The number of ether oxygens (including phenoxy) is 1. The number of fused-ring (bicyclic) bond motifs is 1. The van der Waals surface area contributed by atoms with E-state index in [1.807, 2.05) is 34.9 Å². The summed E-state index contributed by atoms with van der Waals surface area (Å²) >= 11 is 1.38. The lowest BCUT2D eigenvalue weighted by atomic mass is 10.3. The average Bonchev–Trinajstić information content (AvgIpc) is 3.33. The van der Waals surface area contributed by atoms with E-state index in [1.54, 1.807) is 13.4 Å². The number of nitrogens with zero attached hydrogens (tertiary/aromatic N) is 6. The quantitative estimate of drug-likeness (QED) is 0.526. The van der Waals surface area contributed by atoms with Crippen LogP contribution in [0.2, 0.25) is 0 Å². The number of hydrogen-bond donors (Lipinski definition) is 1. The lowest BCUT2D eigenvalue weighted by molar-refractivity contribution is 0.412. The number of aromatic amines is 1. The van der Waals surface area contributed by atoms with Gasteiger partial charge in [0.15, 0.2) is 10.8 Å². The molecule has 3 heterocycles. The maximum Gasteiger partial charge on any atom is 0.272 e. The number of methoxy groups -OCH3 is 1. The van der Waals surface area contributed by atoms with E-state index < -0.39 is 0 Å². The molecular weight excluding hydrogens is 366 g/mol. The monoisotopic (exact) mass is 379 g/mol. The SMILES string of the molecule is COc1ccccc1-n1cnnc1SCc1cc(=O)n2[nH]cc(C#N)c2n1. The highest BCUT2D eigenvalue weighted by molar-refractivity contribution is 7.98. The Morgan fingerprint density at radius 2 is 2.22 bits per heavy atom. The zero-order valence-corrected chi connectivity index (χ0v) is 15.0. The molecular formula is C17H13N7O2S. The van der Waals surface area contributed by atoms with E-state index in [0.29, 0.717) is 33.6 Å². The van der Waals surface area contributed by atoms with Crippen LogP contribution in [-0.4, -0.2) is 36.5 Å². The van der Waals surface area contributed by atoms with Gasteiger partial charge in [-0.25, -0.2) is 9.50 Å². The number of thioether (sulfide) groups is 1. The van der Waals surface area contributed by atoms with Crippen LogP contribution < -0.4 is 10.3 Å². The second-order valence-corrected chi connectivity index (χ2v) is 6.43. The summed E-state index contributed by atoms with van der Waals surface area (Å²) in [5.74, 6) is 1.10. The van der Waals surface area contributed by atoms with E-state index in [9.17, 15) is 4.79 Å². The fourth-order valence-electron chi connectivity index (χ4n) is 2.64. The molecule has 4 aromatic rings. The van der Waals surface area contributed by atoms with Gasteiger partial charge in [0.25, 0.3) is 5.56 Å². The first kappa shape index (κ1) is 16.9. The smallest absolute Gasteiger partial charge is 0.272 e. The minimum atomic E-state index is -0.275. The van der Waals surface area contributed by atoms with Crippen LogP contribution in [0.25, 0.3) is 11.3 Å². The third-order valence-corrected chi connectivity index (χ3v) is 4.86. The Morgan fingerprint density at radius 1 is 1.37 bits per heavy atom. The Kier molecular flexibility index (Phi) is 4.35. The van der Waals surface area contributed by atoms with Gasteiger partial charge in [0.2, 0.25) is 0 Å². The summed E-state index contributed by atoms with van der Waals surface area (Å²) in [5.41, 5.74) is 1.72. The maximum absolute atomic E-state index is 12.2. The van der Waals surface area contributed by atoms with E-state index in [2.05, 4.69) is 20.3 Å². The molecule has 3 aromatic heterocycles. The topological polar surface area (TPSA) is 114 Å². The first-order valence-corrected chi connectivity index (χ1v) is 8.86. The largest absolute Gasteiger partial charge is 0.495 e. The molecule has 0 amide bonds. The third kappa shape index (κ3) is 3.04. The predicted molar refractivity (Wildman–Crippen MR) is 98.0 cm³/mol. The van der Waals surface area contributed by atoms with Crippen molar-refractivity contribution in [3.05, 3.63) is 64.5 Å². The van der Waals surface area contributed by atoms with Gasteiger partial charge in [-0.15, -0.1) is 10.2 Å². The highest BCUT2D eigenvalue weighted by Crippen LogP contribution is 2.27. The summed E-state index contributed by atoms with van der Waals surface area (Å²) in [6.07, 6.45) is 3.06. The molecule has 1 aromatic carbocycles. The number of hydrogen-bond acceptors (Lipinski definition) is 7. The molecule has 0 unspecified atom stereocenters. The number of rotatable bonds is 5. The van der Waals surface area contributed by atoms with Crippen molar-refractivity contribution in [1.82, 2.24) is 29.4 Å². The van der Waals surface area contributed by atoms with Crippen molar-refractivity contribution >= 4 is 17.4 Å². The molecule has 0 bridgehead atoms. The minimum Gasteiger partial charge on any atom is -0.495 e. The van der Waals surface area contributed by atoms with E-state index in [-0.39, 0.29) is 5.56 Å². The van der Waals surface area contributed by atoms with Gasteiger partial charge >= 0.3 is 0 Å². The Morgan fingerprint density at radius 3 is 3.04 bits per heavy atom. The molecule has 10 heteroatoms. The lowest BCUT2D eigenvalue weighted by Crippen LogP contribution is -2.15. The molecule has 0 atom stereocenters. The van der Waals surface area contributed by atoms with Crippen molar-refractivity contribution in [3.63, 3.8) is 0 Å². The van der Waals surface area contributed by atoms with Crippen LogP contribution in [0.4, 0.5) is 0 Å². The lowest BCUT2D eigenvalue weighted by Gasteiger charge is -2.10. The molecule has 0 radical (unpaired) electrons. The Balaban J connectivity index is 1.64. The van der Waals surface area contributed by atoms with Crippen LogP contribution in [0.3, 0.4) is 0 Å². The maximum atomic E-state index is 12.2. The van der Waals surface area contributed by atoms with E-state index in [0.717, 1.165) is 5.69 Å². The normalized spacial score (nSPS) is 10.8. The first-order valence-electron chi connectivity index (χ1n) is 7.87. The summed E-state index contributed by atoms with van der Waals surface area (Å²) < 4.78 is 8.44. The molecule has 1 N–H and O–H groups in total. The summed E-state index contributed by atoms with van der Waals surface area (Å²) in [7, 11) is 1.60. The number of nitriles is 1. The Hall–Kier alpha value is -3.58. The van der Waals surface area contributed by atoms with Gasteiger partial charge < -0.3 is 4.74 Å². The second-order valence-electron chi connectivity index (χ2n) is 5.49. The van der Waals surface area contributed by atoms with Gasteiger partial charge in [-0.05, 0) is 12.1 Å². The molecule has 0 aliphatic carbocycles. The van der Waals surface area contributed by atoms with Crippen LogP contribution in [0.15, 0.2) is 52.8 Å². The summed E-state index contributed by atoms with van der Waals surface area (Å²) in [5, 5.41) is 20.6. The standard InChI is InChI=1S/C17H13N7O2S/c1-26-14-5-3-2-4-13(14)23-10-19-22-17(23)27-9-12-6-15(25)24-16(21-12)11(7-18)8-20-24/h2-6,8,10,20H,9H2,1H3. The van der Waals surface area contributed by atoms with Gasteiger partial charge in [-0.3, -0.25) is 14.5 Å². The van der Waals surface area contributed by atoms with Crippen LogP contribution in [0.1, 0.15) is 11.3 Å². The minimum absolute atomic E-state index is 0.275. The highest BCUT2D eigenvalue weighted by atomic mass is 32.2. The molecule has 134 valence electrons. The molecule has 9 nitrogen and oxygen atoms in total. The fourth-order valence-corrected chi connectivity index (χ4v) is 3.45. The van der Waals surface area contributed by atoms with Gasteiger partial charge in [0, 0.05) is 18.0 Å². The van der Waals surface area contributed by atoms with Crippen LogP contribution in [-0.2, 0) is 5.75 Å². The zero-order chi connectivity index (χ0) is 18.8. The molecule has 0 fully saturated rings. The van der Waals surface area contributed by atoms with Crippen LogP contribution >= 0.6 is 11.8 Å². The van der Waals surface area contributed by atoms with Gasteiger partial charge in [-0.2, -0.15) is 5.26 Å². The first-order chi connectivity index (χ1) is 13.2. The van der Waals surface area contributed by atoms with Crippen LogP contribution in [0, 0.1) is 11.3 Å². The third-order valence-electron chi connectivity index (χ3n) is 3.88. The van der Waals surface area contributed by atoms with Crippen molar-refractivity contribution < 1.29 is 4.74 Å².